The minimum Gasteiger partial charge on any atom is -0.477 e. The van der Waals surface area contributed by atoms with Gasteiger partial charge in [-0.15, -0.1) is 11.3 Å². The van der Waals surface area contributed by atoms with E-state index in [-0.39, 0.29) is 9.77 Å². The summed E-state index contributed by atoms with van der Waals surface area (Å²) in [5.74, 6) is -1.13. The molecule has 0 unspecified atom stereocenters. The molecule has 21 heavy (non-hydrogen) atoms. The fraction of sp³-hybridized carbons (Fsp3) is 0.214. The van der Waals surface area contributed by atoms with Gasteiger partial charge in [0.1, 0.15) is 9.77 Å². The lowest BCUT2D eigenvalue weighted by atomic mass is 10.2. The van der Waals surface area contributed by atoms with Gasteiger partial charge in [0, 0.05) is 10.6 Å². The number of aromatic carboxylic acids is 1. The van der Waals surface area contributed by atoms with E-state index >= 15 is 0 Å². The first-order valence-corrected chi connectivity index (χ1v) is 8.59. The molecule has 112 valence electrons. The third-order valence-electron chi connectivity index (χ3n) is 2.99. The number of hydrogen-bond donors (Lipinski definition) is 2. The standard InChI is InChI=1S/C14H15NO4S2/c1-3-10-4-6-11(7-5-10)15-21(18,19)13-8-12(14(16)17)20-9(13)2/h4-8,15H,3H2,1-2H3,(H,16,17). The molecular weight excluding hydrogens is 310 g/mol. The Kier molecular flexibility index (Phi) is 4.34. The van der Waals surface area contributed by atoms with Crippen molar-refractivity contribution in [2.75, 3.05) is 4.72 Å². The van der Waals surface area contributed by atoms with Gasteiger partial charge in [-0.25, -0.2) is 13.2 Å². The molecule has 0 saturated heterocycles. The summed E-state index contributed by atoms with van der Waals surface area (Å²) in [5.41, 5.74) is 1.56. The van der Waals surface area contributed by atoms with Crippen molar-refractivity contribution in [1.82, 2.24) is 0 Å². The molecule has 2 N–H and O–H groups in total. The predicted molar refractivity (Wildman–Crippen MR) is 82.6 cm³/mol. The van der Waals surface area contributed by atoms with Gasteiger partial charge in [0.05, 0.1) is 0 Å². The SMILES string of the molecule is CCc1ccc(NS(=O)(=O)c2cc(C(=O)O)sc2C)cc1. The summed E-state index contributed by atoms with van der Waals surface area (Å²) in [6, 6.07) is 8.26. The van der Waals surface area contributed by atoms with Gasteiger partial charge in [0.2, 0.25) is 0 Å². The third kappa shape index (κ3) is 3.43. The van der Waals surface area contributed by atoms with E-state index in [2.05, 4.69) is 4.72 Å². The van der Waals surface area contributed by atoms with Crippen molar-refractivity contribution in [2.45, 2.75) is 25.2 Å². The number of thiophene rings is 1. The van der Waals surface area contributed by atoms with E-state index in [0.717, 1.165) is 23.3 Å². The van der Waals surface area contributed by atoms with Crippen LogP contribution in [0.4, 0.5) is 5.69 Å². The van der Waals surface area contributed by atoms with Gasteiger partial charge in [-0.05, 0) is 37.1 Å². The highest BCUT2D eigenvalue weighted by Gasteiger charge is 2.22. The number of carbonyl (C=O) groups is 1. The molecular formula is C14H15NO4S2. The summed E-state index contributed by atoms with van der Waals surface area (Å²) < 4.78 is 27.1. The summed E-state index contributed by atoms with van der Waals surface area (Å²) in [6.45, 7) is 3.60. The maximum atomic E-state index is 12.3. The van der Waals surface area contributed by atoms with E-state index in [1.165, 1.54) is 6.07 Å². The molecule has 5 nitrogen and oxygen atoms in total. The van der Waals surface area contributed by atoms with Crippen LogP contribution in [0.5, 0.6) is 0 Å². The highest BCUT2D eigenvalue weighted by molar-refractivity contribution is 7.93. The van der Waals surface area contributed by atoms with Crippen LogP contribution in [-0.4, -0.2) is 19.5 Å². The van der Waals surface area contributed by atoms with Gasteiger partial charge in [-0.3, -0.25) is 4.72 Å². The summed E-state index contributed by atoms with van der Waals surface area (Å²) in [7, 11) is -3.78. The van der Waals surface area contributed by atoms with Crippen LogP contribution in [0.1, 0.15) is 27.0 Å². The second kappa shape index (κ2) is 5.87. The topological polar surface area (TPSA) is 83.5 Å². The summed E-state index contributed by atoms with van der Waals surface area (Å²) in [5, 5.41) is 8.93. The Hall–Kier alpha value is -1.86. The maximum Gasteiger partial charge on any atom is 0.345 e. The van der Waals surface area contributed by atoms with Gasteiger partial charge < -0.3 is 5.11 Å². The average molecular weight is 325 g/mol. The third-order valence-corrected chi connectivity index (χ3v) is 5.66. The number of hydrogen-bond acceptors (Lipinski definition) is 4. The van der Waals surface area contributed by atoms with Gasteiger partial charge in [0.15, 0.2) is 0 Å². The first kappa shape index (κ1) is 15.5. The molecule has 0 spiro atoms. The van der Waals surface area contributed by atoms with Crippen molar-refractivity contribution in [3.05, 3.63) is 45.6 Å². The molecule has 0 atom stereocenters. The van der Waals surface area contributed by atoms with Gasteiger partial charge in [0.25, 0.3) is 10.0 Å². The van der Waals surface area contributed by atoms with Crippen LogP contribution in [0.2, 0.25) is 0 Å². The van der Waals surface area contributed by atoms with E-state index in [1.54, 1.807) is 19.1 Å². The number of carboxylic acids is 1. The molecule has 1 heterocycles. The quantitative estimate of drug-likeness (QED) is 0.884. The minimum absolute atomic E-state index is 0.00414. The lowest BCUT2D eigenvalue weighted by Gasteiger charge is -2.08. The van der Waals surface area contributed by atoms with E-state index in [9.17, 15) is 13.2 Å². The number of anilines is 1. The predicted octanol–water partition coefficient (Wildman–Crippen LogP) is 3.12. The fourth-order valence-electron chi connectivity index (χ4n) is 1.86. The first-order valence-electron chi connectivity index (χ1n) is 6.29. The Balaban J connectivity index is 2.31. The lowest BCUT2D eigenvalue weighted by Crippen LogP contribution is -2.13. The highest BCUT2D eigenvalue weighted by Crippen LogP contribution is 2.27. The monoisotopic (exact) mass is 325 g/mol. The van der Waals surface area contributed by atoms with Crippen LogP contribution < -0.4 is 4.72 Å². The zero-order chi connectivity index (χ0) is 15.6. The molecule has 1 aromatic heterocycles. The molecule has 0 fully saturated rings. The van der Waals surface area contributed by atoms with E-state index in [1.807, 2.05) is 19.1 Å². The van der Waals surface area contributed by atoms with E-state index in [0.29, 0.717) is 10.6 Å². The van der Waals surface area contributed by atoms with Crippen molar-refractivity contribution in [3.8, 4) is 0 Å². The number of nitrogens with one attached hydrogen (secondary N) is 1. The molecule has 0 bridgehead atoms. The molecule has 0 amide bonds. The second-order valence-corrected chi connectivity index (χ2v) is 7.40. The Morgan fingerprint density at radius 1 is 1.29 bits per heavy atom. The van der Waals surface area contributed by atoms with Crippen LogP contribution in [0.3, 0.4) is 0 Å². The highest BCUT2D eigenvalue weighted by atomic mass is 32.2. The van der Waals surface area contributed by atoms with Crippen LogP contribution in [0, 0.1) is 6.92 Å². The molecule has 0 aliphatic rings. The molecule has 0 aliphatic carbocycles. The van der Waals surface area contributed by atoms with Crippen LogP contribution in [0.15, 0.2) is 35.2 Å². The normalized spacial score (nSPS) is 11.3. The molecule has 2 rings (SSSR count). The number of aryl methyl sites for hydroxylation is 2. The van der Waals surface area contributed by atoms with Crippen molar-refractivity contribution < 1.29 is 18.3 Å². The van der Waals surface area contributed by atoms with Crippen LogP contribution in [-0.2, 0) is 16.4 Å². The van der Waals surface area contributed by atoms with Gasteiger partial charge in [-0.1, -0.05) is 19.1 Å². The van der Waals surface area contributed by atoms with Crippen LogP contribution >= 0.6 is 11.3 Å². The van der Waals surface area contributed by atoms with Crippen molar-refractivity contribution in [3.63, 3.8) is 0 Å². The lowest BCUT2D eigenvalue weighted by molar-refractivity contribution is 0.0702. The maximum absolute atomic E-state index is 12.3. The smallest absolute Gasteiger partial charge is 0.345 e. The number of rotatable bonds is 5. The average Bonchev–Trinajstić information content (AvgIpc) is 2.82. The Morgan fingerprint density at radius 2 is 1.90 bits per heavy atom. The van der Waals surface area contributed by atoms with E-state index < -0.39 is 16.0 Å². The Morgan fingerprint density at radius 3 is 2.38 bits per heavy atom. The van der Waals surface area contributed by atoms with Crippen molar-refractivity contribution >= 4 is 33.0 Å². The molecule has 0 saturated carbocycles. The van der Waals surface area contributed by atoms with Crippen molar-refractivity contribution in [1.29, 1.82) is 0 Å². The van der Waals surface area contributed by atoms with Gasteiger partial charge in [-0.2, -0.15) is 0 Å². The van der Waals surface area contributed by atoms with Crippen molar-refractivity contribution in [2.24, 2.45) is 0 Å². The molecule has 1 aromatic carbocycles. The molecule has 7 heteroatoms. The number of sulfonamides is 1. The molecule has 0 aliphatic heterocycles. The number of benzene rings is 1. The van der Waals surface area contributed by atoms with E-state index in [4.69, 9.17) is 5.11 Å². The molecule has 0 radical (unpaired) electrons. The largest absolute Gasteiger partial charge is 0.477 e. The first-order chi connectivity index (χ1) is 9.83. The Labute approximate surface area is 127 Å². The zero-order valence-corrected chi connectivity index (χ0v) is 13.2. The summed E-state index contributed by atoms with van der Waals surface area (Å²) in [4.78, 5) is 11.4. The summed E-state index contributed by atoms with van der Waals surface area (Å²) >= 11 is 0.947. The number of carboxylic acid groups (broad SMARTS) is 1. The minimum atomic E-state index is -3.78. The van der Waals surface area contributed by atoms with Gasteiger partial charge >= 0.3 is 5.97 Å². The van der Waals surface area contributed by atoms with Crippen LogP contribution in [0.25, 0.3) is 0 Å². The second-order valence-electron chi connectivity index (χ2n) is 4.49. The fourth-order valence-corrected chi connectivity index (χ4v) is 4.35. The summed E-state index contributed by atoms with van der Waals surface area (Å²) in [6.07, 6.45) is 0.874. The molecule has 2 aromatic rings. The zero-order valence-electron chi connectivity index (χ0n) is 11.6. The Bertz CT molecular complexity index is 761.